The van der Waals surface area contributed by atoms with E-state index in [9.17, 15) is 4.79 Å². The van der Waals surface area contributed by atoms with Gasteiger partial charge in [0.15, 0.2) is 0 Å². The number of carboxylic acids is 1. The topological polar surface area (TPSA) is 69.6 Å². The fourth-order valence-electron chi connectivity index (χ4n) is 0.905. The summed E-state index contributed by atoms with van der Waals surface area (Å²) in [7, 11) is 0. The van der Waals surface area contributed by atoms with E-state index < -0.39 is 18.1 Å². The highest BCUT2D eigenvalue weighted by Gasteiger charge is 2.27. The van der Waals surface area contributed by atoms with Crippen LogP contribution in [-0.4, -0.2) is 34.9 Å². The third-order valence-electron chi connectivity index (χ3n) is 1.41. The lowest BCUT2D eigenvalue weighted by atomic mass is 10.2. The van der Waals surface area contributed by atoms with Crippen molar-refractivity contribution in [3.8, 4) is 0 Å². The third kappa shape index (κ3) is 2.13. The quantitative estimate of drug-likeness (QED) is 0.479. The van der Waals surface area contributed by atoms with E-state index in [1.165, 1.54) is 0 Å². The number of rotatable bonds is 1. The SMILES string of the molecule is Cl.O=C(O)[C@H]1CC(O)CN1. The molecule has 0 spiro atoms. The molecule has 1 fully saturated rings. The number of aliphatic hydroxyl groups excluding tert-OH is 1. The molecule has 0 aromatic carbocycles. The minimum Gasteiger partial charge on any atom is -0.480 e. The Kier molecular flexibility index (Phi) is 3.63. The summed E-state index contributed by atoms with van der Waals surface area (Å²) >= 11 is 0. The molecule has 10 heavy (non-hydrogen) atoms. The molecule has 1 heterocycles. The summed E-state index contributed by atoms with van der Waals surface area (Å²) in [6, 6.07) is -0.542. The maximum Gasteiger partial charge on any atom is 0.320 e. The van der Waals surface area contributed by atoms with Crippen LogP contribution < -0.4 is 5.32 Å². The van der Waals surface area contributed by atoms with Crippen LogP contribution in [0.4, 0.5) is 0 Å². The minimum atomic E-state index is -0.883. The summed E-state index contributed by atoms with van der Waals surface area (Å²) in [4.78, 5) is 10.2. The summed E-state index contributed by atoms with van der Waals surface area (Å²) in [5, 5.41) is 19.8. The van der Waals surface area contributed by atoms with Gasteiger partial charge < -0.3 is 15.5 Å². The molecule has 1 aliphatic rings. The van der Waals surface area contributed by atoms with Gasteiger partial charge in [-0.05, 0) is 0 Å². The van der Waals surface area contributed by atoms with E-state index in [4.69, 9.17) is 10.2 Å². The van der Waals surface area contributed by atoms with E-state index in [1.807, 2.05) is 0 Å². The number of β-amino-alcohol motifs (C(OH)–C–C–N with tert-alkyl or cyclic N) is 1. The van der Waals surface area contributed by atoms with Crippen molar-refractivity contribution in [3.63, 3.8) is 0 Å². The van der Waals surface area contributed by atoms with Crippen LogP contribution in [-0.2, 0) is 4.79 Å². The largest absolute Gasteiger partial charge is 0.480 e. The maximum absolute atomic E-state index is 10.2. The zero-order valence-corrected chi connectivity index (χ0v) is 6.10. The molecule has 0 radical (unpaired) electrons. The Labute approximate surface area is 64.6 Å². The van der Waals surface area contributed by atoms with E-state index in [2.05, 4.69) is 5.32 Å². The standard InChI is InChI=1S/C5H9NO3.ClH/c7-3-1-4(5(8)9)6-2-3;/h3-4,6-7H,1-2H2,(H,8,9);1H/t3?,4-;/m1./s1. The van der Waals surface area contributed by atoms with Crippen molar-refractivity contribution < 1.29 is 15.0 Å². The molecule has 5 heteroatoms. The smallest absolute Gasteiger partial charge is 0.320 e. The molecule has 1 rings (SSSR count). The van der Waals surface area contributed by atoms with Crippen LogP contribution in [0.5, 0.6) is 0 Å². The van der Waals surface area contributed by atoms with Crippen LogP contribution in [0.3, 0.4) is 0 Å². The van der Waals surface area contributed by atoms with Crippen LogP contribution in [0.25, 0.3) is 0 Å². The molecule has 0 aromatic heterocycles. The zero-order chi connectivity index (χ0) is 6.85. The van der Waals surface area contributed by atoms with E-state index in [0.29, 0.717) is 13.0 Å². The fraction of sp³-hybridized carbons (Fsp3) is 0.800. The van der Waals surface area contributed by atoms with Gasteiger partial charge in [-0.3, -0.25) is 4.79 Å². The average Bonchev–Trinajstić information content (AvgIpc) is 2.14. The van der Waals surface area contributed by atoms with Gasteiger partial charge in [0, 0.05) is 13.0 Å². The Morgan fingerprint density at radius 3 is 2.40 bits per heavy atom. The molecule has 1 unspecified atom stereocenters. The molecular weight excluding hydrogens is 158 g/mol. The molecule has 1 aliphatic heterocycles. The first-order valence-corrected chi connectivity index (χ1v) is 2.84. The molecule has 0 amide bonds. The minimum absolute atomic E-state index is 0. The predicted octanol–water partition coefficient (Wildman–Crippen LogP) is -0.784. The lowest BCUT2D eigenvalue weighted by molar-refractivity contribution is -0.139. The van der Waals surface area contributed by atoms with Gasteiger partial charge in [-0.25, -0.2) is 0 Å². The number of aliphatic hydroxyl groups is 1. The fourth-order valence-corrected chi connectivity index (χ4v) is 0.905. The van der Waals surface area contributed by atoms with Gasteiger partial charge in [0.05, 0.1) is 6.10 Å². The van der Waals surface area contributed by atoms with Crippen molar-refractivity contribution in [1.29, 1.82) is 0 Å². The Morgan fingerprint density at radius 2 is 2.20 bits per heavy atom. The average molecular weight is 168 g/mol. The number of halogens is 1. The van der Waals surface area contributed by atoms with E-state index in [-0.39, 0.29) is 12.4 Å². The van der Waals surface area contributed by atoms with Crippen molar-refractivity contribution >= 4 is 18.4 Å². The van der Waals surface area contributed by atoms with Gasteiger partial charge in [0.25, 0.3) is 0 Å². The van der Waals surface area contributed by atoms with Crippen LogP contribution in [0.2, 0.25) is 0 Å². The van der Waals surface area contributed by atoms with Crippen LogP contribution >= 0.6 is 12.4 Å². The Hall–Kier alpha value is -0.320. The van der Waals surface area contributed by atoms with Crippen molar-refractivity contribution in [2.75, 3.05) is 6.54 Å². The summed E-state index contributed by atoms with van der Waals surface area (Å²) < 4.78 is 0. The highest BCUT2D eigenvalue weighted by Crippen LogP contribution is 2.05. The lowest BCUT2D eigenvalue weighted by Crippen LogP contribution is -2.29. The summed E-state index contributed by atoms with van der Waals surface area (Å²) in [5.74, 6) is -0.883. The maximum atomic E-state index is 10.2. The summed E-state index contributed by atoms with van der Waals surface area (Å²) in [6.45, 7) is 0.400. The molecule has 3 N–H and O–H groups in total. The van der Waals surface area contributed by atoms with Crippen LogP contribution in [0.15, 0.2) is 0 Å². The van der Waals surface area contributed by atoms with Crippen molar-refractivity contribution in [2.45, 2.75) is 18.6 Å². The third-order valence-corrected chi connectivity index (χ3v) is 1.41. The molecular formula is C5H10ClNO3. The molecule has 0 aromatic rings. The second kappa shape index (κ2) is 3.75. The van der Waals surface area contributed by atoms with Crippen molar-refractivity contribution in [1.82, 2.24) is 5.32 Å². The highest BCUT2D eigenvalue weighted by atomic mass is 35.5. The number of aliphatic carboxylic acids is 1. The number of nitrogens with one attached hydrogen (secondary N) is 1. The van der Waals surface area contributed by atoms with Gasteiger partial charge in [0.2, 0.25) is 0 Å². The first-order chi connectivity index (χ1) is 4.20. The number of hydrogen-bond donors (Lipinski definition) is 3. The van der Waals surface area contributed by atoms with Gasteiger partial charge in [-0.15, -0.1) is 12.4 Å². The number of carbonyl (C=O) groups is 1. The van der Waals surface area contributed by atoms with E-state index >= 15 is 0 Å². The van der Waals surface area contributed by atoms with Crippen molar-refractivity contribution in [3.05, 3.63) is 0 Å². The molecule has 0 saturated carbocycles. The molecule has 60 valence electrons. The second-order valence-electron chi connectivity index (χ2n) is 2.19. The molecule has 0 aliphatic carbocycles. The van der Waals surface area contributed by atoms with E-state index in [0.717, 1.165) is 0 Å². The second-order valence-corrected chi connectivity index (χ2v) is 2.19. The first-order valence-electron chi connectivity index (χ1n) is 2.84. The Morgan fingerprint density at radius 1 is 1.60 bits per heavy atom. The Balaban J connectivity index is 0.000000810. The number of carboxylic acid groups (broad SMARTS) is 1. The van der Waals surface area contributed by atoms with Crippen LogP contribution in [0.1, 0.15) is 6.42 Å². The molecule has 1 saturated heterocycles. The highest BCUT2D eigenvalue weighted by molar-refractivity contribution is 5.85. The summed E-state index contributed by atoms with van der Waals surface area (Å²) in [6.07, 6.45) is -0.152. The van der Waals surface area contributed by atoms with Gasteiger partial charge in [0.1, 0.15) is 6.04 Å². The summed E-state index contributed by atoms with van der Waals surface area (Å²) in [5.41, 5.74) is 0. The lowest BCUT2D eigenvalue weighted by Gasteiger charge is -1.99. The predicted molar refractivity (Wildman–Crippen MR) is 37.3 cm³/mol. The molecule has 0 bridgehead atoms. The number of hydrogen-bond acceptors (Lipinski definition) is 3. The Bertz CT molecular complexity index is 130. The molecule has 2 atom stereocenters. The normalized spacial score (nSPS) is 31.3. The van der Waals surface area contributed by atoms with Gasteiger partial charge in [-0.2, -0.15) is 0 Å². The first kappa shape index (κ1) is 9.68. The van der Waals surface area contributed by atoms with Crippen LogP contribution in [0, 0.1) is 0 Å². The van der Waals surface area contributed by atoms with Crippen molar-refractivity contribution in [2.24, 2.45) is 0 Å². The van der Waals surface area contributed by atoms with Gasteiger partial charge >= 0.3 is 5.97 Å². The zero-order valence-electron chi connectivity index (χ0n) is 5.28. The monoisotopic (exact) mass is 167 g/mol. The van der Waals surface area contributed by atoms with Gasteiger partial charge in [-0.1, -0.05) is 0 Å². The molecule has 4 nitrogen and oxygen atoms in total. The van der Waals surface area contributed by atoms with E-state index in [1.54, 1.807) is 0 Å².